The van der Waals surface area contributed by atoms with Crippen LogP contribution in [0.3, 0.4) is 0 Å². The van der Waals surface area contributed by atoms with Crippen molar-refractivity contribution >= 4 is 23.1 Å². The summed E-state index contributed by atoms with van der Waals surface area (Å²) in [6, 6.07) is 5.95. The van der Waals surface area contributed by atoms with Crippen molar-refractivity contribution in [2.75, 3.05) is 26.1 Å². The maximum atomic E-state index is 12.1. The fourth-order valence-electron chi connectivity index (χ4n) is 3.19. The molecule has 1 aliphatic carbocycles. The lowest BCUT2D eigenvalue weighted by Gasteiger charge is -2.10. The van der Waals surface area contributed by atoms with Crippen molar-refractivity contribution in [3.05, 3.63) is 51.5 Å². The van der Waals surface area contributed by atoms with Gasteiger partial charge in [0.25, 0.3) is 0 Å². The zero-order valence-corrected chi connectivity index (χ0v) is 19.2. The number of nitrogens with one attached hydrogen (secondary N) is 1. The monoisotopic (exact) mass is 455 g/mol. The number of amides is 1. The van der Waals surface area contributed by atoms with Crippen LogP contribution in [0.15, 0.2) is 24.4 Å². The molecule has 0 aromatic carbocycles. The normalized spacial score (nSPS) is 17.1. The van der Waals surface area contributed by atoms with E-state index in [0.717, 1.165) is 22.7 Å². The molecule has 11 heteroatoms. The number of pyridine rings is 1. The maximum Gasteiger partial charge on any atom is 0.308 e. The van der Waals surface area contributed by atoms with Crippen LogP contribution in [0.1, 0.15) is 44.2 Å². The minimum atomic E-state index is -0.343. The molecular weight excluding hydrogens is 430 g/mol. The summed E-state index contributed by atoms with van der Waals surface area (Å²) in [5, 5.41) is 13.2. The molecule has 1 aliphatic rings. The van der Waals surface area contributed by atoms with Crippen molar-refractivity contribution in [1.82, 2.24) is 30.2 Å². The minimum absolute atomic E-state index is 0.260. The van der Waals surface area contributed by atoms with Gasteiger partial charge in [-0.25, -0.2) is 10.0 Å². The quantitative estimate of drug-likeness (QED) is 0.486. The van der Waals surface area contributed by atoms with Crippen LogP contribution in [0.4, 0.5) is 5.82 Å². The molecule has 0 aliphatic heterocycles. The second-order valence-electron chi connectivity index (χ2n) is 7.65. The summed E-state index contributed by atoms with van der Waals surface area (Å²) in [6.07, 6.45) is 2.98. The van der Waals surface area contributed by atoms with Crippen LogP contribution in [0.5, 0.6) is 5.88 Å². The van der Waals surface area contributed by atoms with Gasteiger partial charge in [0.05, 0.1) is 20.3 Å². The van der Waals surface area contributed by atoms with Crippen LogP contribution in [0.2, 0.25) is 0 Å². The van der Waals surface area contributed by atoms with E-state index >= 15 is 0 Å². The summed E-state index contributed by atoms with van der Waals surface area (Å²) in [4.78, 5) is 30.2. The van der Waals surface area contributed by atoms with Gasteiger partial charge in [0.15, 0.2) is 0 Å². The fourth-order valence-corrected chi connectivity index (χ4v) is 3.93. The third kappa shape index (κ3) is 5.35. The number of rotatable bonds is 9. The van der Waals surface area contributed by atoms with E-state index in [1.807, 2.05) is 20.0 Å². The first kappa shape index (κ1) is 22.0. The molecule has 0 spiro atoms. The van der Waals surface area contributed by atoms with E-state index in [1.54, 1.807) is 6.07 Å². The number of ether oxygens (including phenoxy) is 1. The second-order valence-corrected chi connectivity index (χ2v) is 8.71. The lowest BCUT2D eigenvalue weighted by Crippen LogP contribution is -2.25. The predicted molar refractivity (Wildman–Crippen MR) is 118 cm³/mol. The molecule has 0 bridgehead atoms. The first-order valence-electron chi connectivity index (χ1n) is 10.2. The number of aryl methyl sites for hydroxylation is 2. The number of anilines is 1. The van der Waals surface area contributed by atoms with Gasteiger partial charge in [-0.2, -0.15) is 4.98 Å². The summed E-state index contributed by atoms with van der Waals surface area (Å²) in [5.74, 6) is 2.30. The molecule has 0 radical (unpaired) electrons. The Hall–Kier alpha value is -3.18. The van der Waals surface area contributed by atoms with E-state index < -0.39 is 0 Å². The first-order valence-corrected chi connectivity index (χ1v) is 11.0. The van der Waals surface area contributed by atoms with E-state index in [-0.39, 0.29) is 10.9 Å². The average Bonchev–Trinajstić information content (AvgIpc) is 3.41. The van der Waals surface area contributed by atoms with E-state index in [0.29, 0.717) is 47.5 Å². The van der Waals surface area contributed by atoms with Crippen molar-refractivity contribution in [3.8, 4) is 5.88 Å². The summed E-state index contributed by atoms with van der Waals surface area (Å²) in [7, 11) is 2.94. The van der Waals surface area contributed by atoms with Crippen molar-refractivity contribution in [2.45, 2.75) is 32.7 Å². The van der Waals surface area contributed by atoms with Gasteiger partial charge in [0.2, 0.25) is 10.9 Å². The summed E-state index contributed by atoms with van der Waals surface area (Å²) < 4.78 is 5.94. The highest BCUT2D eigenvalue weighted by Crippen LogP contribution is 2.46. The molecule has 4 rings (SSSR count). The van der Waals surface area contributed by atoms with Gasteiger partial charge in [-0.15, -0.1) is 10.2 Å². The molecule has 10 nitrogen and oxygen atoms in total. The maximum absolute atomic E-state index is 12.1. The molecule has 3 heterocycles. The Labute approximate surface area is 190 Å². The van der Waals surface area contributed by atoms with E-state index in [2.05, 4.69) is 42.6 Å². The Morgan fingerprint density at radius 2 is 2.12 bits per heavy atom. The summed E-state index contributed by atoms with van der Waals surface area (Å²) in [6.45, 7) is 4.82. The van der Waals surface area contributed by atoms with Crippen LogP contribution in [0.25, 0.3) is 0 Å². The Morgan fingerprint density at radius 3 is 2.88 bits per heavy atom. The van der Waals surface area contributed by atoms with Crippen molar-refractivity contribution in [1.29, 1.82) is 0 Å². The lowest BCUT2D eigenvalue weighted by molar-refractivity contribution is -0.0757. The fraction of sp³-hybridized carbons (Fsp3) is 0.429. The van der Waals surface area contributed by atoms with E-state index in [1.165, 1.54) is 25.5 Å². The Morgan fingerprint density at radius 1 is 1.28 bits per heavy atom. The summed E-state index contributed by atoms with van der Waals surface area (Å²) >= 11 is 1.20. The first-order chi connectivity index (χ1) is 15.4. The number of aromatic nitrogens is 5. The molecule has 168 valence electrons. The Balaban J connectivity index is 1.31. The summed E-state index contributed by atoms with van der Waals surface area (Å²) in [5.41, 5.74) is 2.29. The molecule has 2 atom stereocenters. The van der Waals surface area contributed by atoms with Gasteiger partial charge in [-0.1, -0.05) is 17.4 Å². The number of hydrogen-bond donors (Lipinski definition) is 1. The number of hydroxylamine groups is 2. The molecule has 2 unspecified atom stereocenters. The third-order valence-electron chi connectivity index (χ3n) is 5.13. The standard InChI is InChI=1S/C21H25N7O3S/c1-12-5-6-16(22-9-12)15-7-14(15)11-31-18-8-17(24-13(2)25-18)23-10-19-26-27-20(32-19)21(29)28(3)30-4/h5-6,8-9,14-15H,7,10-11H2,1-4H3,(H,23,24,25). The largest absolute Gasteiger partial charge is 0.477 e. The molecule has 1 saturated carbocycles. The van der Waals surface area contributed by atoms with Crippen LogP contribution in [0, 0.1) is 19.8 Å². The van der Waals surface area contributed by atoms with Gasteiger partial charge < -0.3 is 10.1 Å². The number of carbonyl (C=O) groups excluding carboxylic acids is 1. The Kier molecular flexibility index (Phi) is 6.56. The number of hydrogen-bond acceptors (Lipinski definition) is 10. The highest BCUT2D eigenvalue weighted by atomic mass is 32.1. The van der Waals surface area contributed by atoms with Gasteiger partial charge in [0.1, 0.15) is 16.6 Å². The molecule has 0 saturated heterocycles. The average molecular weight is 456 g/mol. The van der Waals surface area contributed by atoms with Crippen LogP contribution in [-0.2, 0) is 11.4 Å². The molecule has 3 aromatic rings. The molecule has 1 fully saturated rings. The molecule has 1 N–H and O–H groups in total. The predicted octanol–water partition coefficient (Wildman–Crippen LogP) is 2.77. The van der Waals surface area contributed by atoms with Crippen LogP contribution >= 0.6 is 11.3 Å². The van der Waals surface area contributed by atoms with Crippen molar-refractivity contribution < 1.29 is 14.4 Å². The minimum Gasteiger partial charge on any atom is -0.477 e. The van der Waals surface area contributed by atoms with Gasteiger partial charge in [-0.3, -0.25) is 14.6 Å². The van der Waals surface area contributed by atoms with Gasteiger partial charge >= 0.3 is 5.91 Å². The number of carbonyl (C=O) groups is 1. The van der Waals surface area contributed by atoms with Gasteiger partial charge in [0, 0.05) is 36.8 Å². The molecule has 1 amide bonds. The smallest absolute Gasteiger partial charge is 0.308 e. The van der Waals surface area contributed by atoms with E-state index in [4.69, 9.17) is 9.57 Å². The SMILES string of the molecule is CON(C)C(=O)c1nnc(CNc2cc(OCC3CC3c3ccc(C)cn3)nc(C)n2)s1. The molecule has 32 heavy (non-hydrogen) atoms. The van der Waals surface area contributed by atoms with E-state index in [9.17, 15) is 4.79 Å². The highest BCUT2D eigenvalue weighted by molar-refractivity contribution is 7.13. The lowest BCUT2D eigenvalue weighted by atomic mass is 10.2. The molecular formula is C21H25N7O3S. The highest BCUT2D eigenvalue weighted by Gasteiger charge is 2.40. The zero-order chi connectivity index (χ0) is 22.7. The zero-order valence-electron chi connectivity index (χ0n) is 18.4. The van der Waals surface area contributed by atoms with Crippen LogP contribution < -0.4 is 10.1 Å². The van der Waals surface area contributed by atoms with Crippen molar-refractivity contribution in [2.24, 2.45) is 5.92 Å². The van der Waals surface area contributed by atoms with Crippen LogP contribution in [-0.4, -0.2) is 56.9 Å². The van der Waals surface area contributed by atoms with Crippen molar-refractivity contribution in [3.63, 3.8) is 0 Å². The number of nitrogens with zero attached hydrogens (tertiary/aromatic N) is 6. The topological polar surface area (TPSA) is 115 Å². The third-order valence-corrected chi connectivity index (χ3v) is 6.04. The molecule has 3 aromatic heterocycles. The Bertz CT molecular complexity index is 1090. The second kappa shape index (κ2) is 9.53. The van der Waals surface area contributed by atoms with Gasteiger partial charge in [-0.05, 0) is 31.9 Å².